The number of carbonyl (C=O) groups is 2. The molecule has 10 heteroatoms. The molecule has 35 heavy (non-hydrogen) atoms. The van der Waals surface area contributed by atoms with Crippen LogP contribution in [0, 0.1) is 23.3 Å². The van der Waals surface area contributed by atoms with Gasteiger partial charge in [-0.1, -0.05) is 24.3 Å². The number of aromatic nitrogens is 1. The number of rotatable bonds is 8. The molecule has 0 atom stereocenters. The van der Waals surface area contributed by atoms with Crippen LogP contribution in [0.25, 0.3) is 10.9 Å². The van der Waals surface area contributed by atoms with Crippen molar-refractivity contribution >= 4 is 40.2 Å². The SMILES string of the molecule is O=C(CSc1cn(CCNC(=O)c2c(F)cccc2F)c2ccccc12)Nc1ccc(F)cc1F. The third-order valence-electron chi connectivity index (χ3n) is 5.14. The molecule has 0 saturated heterocycles. The second-order valence-corrected chi connectivity index (χ2v) is 8.53. The summed E-state index contributed by atoms with van der Waals surface area (Å²) in [5.74, 6) is -4.81. The molecule has 0 fully saturated rings. The third kappa shape index (κ3) is 5.65. The van der Waals surface area contributed by atoms with E-state index in [0.717, 1.165) is 40.1 Å². The quantitative estimate of drug-likeness (QED) is 0.253. The van der Waals surface area contributed by atoms with Crippen molar-refractivity contribution in [2.45, 2.75) is 11.4 Å². The minimum absolute atomic E-state index is 0.0197. The van der Waals surface area contributed by atoms with Gasteiger partial charge >= 0.3 is 0 Å². The van der Waals surface area contributed by atoms with Crippen molar-refractivity contribution < 1.29 is 27.2 Å². The van der Waals surface area contributed by atoms with Crippen LogP contribution in [0.5, 0.6) is 0 Å². The molecule has 0 aliphatic carbocycles. The zero-order valence-corrected chi connectivity index (χ0v) is 19.0. The van der Waals surface area contributed by atoms with Crippen LogP contribution >= 0.6 is 11.8 Å². The summed E-state index contributed by atoms with van der Waals surface area (Å²) in [5, 5.41) is 5.80. The van der Waals surface area contributed by atoms with E-state index >= 15 is 0 Å². The molecule has 0 spiro atoms. The van der Waals surface area contributed by atoms with Gasteiger partial charge in [0.05, 0.1) is 11.4 Å². The third-order valence-corrected chi connectivity index (χ3v) is 6.19. The number of fused-ring (bicyclic) bond motifs is 1. The number of hydrogen-bond donors (Lipinski definition) is 2. The minimum Gasteiger partial charge on any atom is -0.350 e. The fraction of sp³-hybridized carbons (Fsp3) is 0.120. The number of carbonyl (C=O) groups excluding carboxylic acids is 2. The van der Waals surface area contributed by atoms with Crippen LogP contribution in [0.4, 0.5) is 23.2 Å². The zero-order chi connectivity index (χ0) is 24.9. The highest BCUT2D eigenvalue weighted by molar-refractivity contribution is 8.00. The van der Waals surface area contributed by atoms with E-state index in [1.807, 2.05) is 28.8 Å². The molecule has 1 aromatic heterocycles. The van der Waals surface area contributed by atoms with Crippen molar-refractivity contribution in [2.24, 2.45) is 0 Å². The van der Waals surface area contributed by atoms with Gasteiger partial charge in [0.25, 0.3) is 5.91 Å². The van der Waals surface area contributed by atoms with Crippen LogP contribution in [-0.2, 0) is 11.3 Å². The number of nitrogens with zero attached hydrogens (tertiary/aromatic N) is 1. The van der Waals surface area contributed by atoms with E-state index in [-0.39, 0.29) is 18.0 Å². The molecular formula is C25H19F4N3O2S. The highest BCUT2D eigenvalue weighted by atomic mass is 32.2. The van der Waals surface area contributed by atoms with Crippen LogP contribution in [0.3, 0.4) is 0 Å². The maximum absolute atomic E-state index is 13.8. The molecule has 0 radical (unpaired) electrons. The first-order chi connectivity index (χ1) is 16.8. The smallest absolute Gasteiger partial charge is 0.257 e. The van der Waals surface area contributed by atoms with Crippen molar-refractivity contribution in [1.82, 2.24) is 9.88 Å². The number of para-hydroxylation sites is 1. The average Bonchev–Trinajstić information content (AvgIpc) is 3.17. The molecule has 180 valence electrons. The van der Waals surface area contributed by atoms with Gasteiger partial charge in [0, 0.05) is 41.2 Å². The largest absolute Gasteiger partial charge is 0.350 e. The zero-order valence-electron chi connectivity index (χ0n) is 18.2. The van der Waals surface area contributed by atoms with Crippen LogP contribution < -0.4 is 10.6 Å². The summed E-state index contributed by atoms with van der Waals surface area (Å²) in [6.07, 6.45) is 1.80. The predicted octanol–water partition coefficient (Wildman–Crippen LogP) is 5.36. The molecule has 4 aromatic rings. The first-order valence-electron chi connectivity index (χ1n) is 10.5. The molecule has 4 rings (SSSR count). The van der Waals surface area contributed by atoms with Crippen molar-refractivity contribution in [3.05, 3.63) is 95.7 Å². The van der Waals surface area contributed by atoms with Gasteiger partial charge in [0.15, 0.2) is 0 Å². The normalized spacial score (nSPS) is 11.0. The monoisotopic (exact) mass is 501 g/mol. The summed E-state index contributed by atoms with van der Waals surface area (Å²) in [6, 6.07) is 13.5. The van der Waals surface area contributed by atoms with E-state index in [1.54, 1.807) is 6.20 Å². The lowest BCUT2D eigenvalue weighted by Crippen LogP contribution is -2.28. The van der Waals surface area contributed by atoms with E-state index in [9.17, 15) is 27.2 Å². The molecule has 0 bridgehead atoms. The molecule has 0 aliphatic rings. The summed E-state index contributed by atoms with van der Waals surface area (Å²) in [7, 11) is 0. The first kappa shape index (κ1) is 24.3. The number of halogens is 4. The Kier molecular flexibility index (Phi) is 7.40. The number of benzene rings is 3. The number of anilines is 1. The van der Waals surface area contributed by atoms with Gasteiger partial charge in [-0.2, -0.15) is 0 Å². The molecular weight excluding hydrogens is 482 g/mol. The standard InChI is InChI=1S/C25H19F4N3O2S/c26-15-8-9-20(19(29)12-15)31-23(33)14-35-22-13-32(21-7-2-1-4-16(21)22)11-10-30-25(34)24-17(27)5-3-6-18(24)28/h1-9,12-13H,10-11,14H2,(H,30,34)(H,31,33). The topological polar surface area (TPSA) is 63.1 Å². The molecule has 2 N–H and O–H groups in total. The van der Waals surface area contributed by atoms with Gasteiger partial charge in [-0.25, -0.2) is 17.6 Å². The molecule has 0 aliphatic heterocycles. The van der Waals surface area contributed by atoms with Gasteiger partial charge in [-0.15, -0.1) is 11.8 Å². The van der Waals surface area contributed by atoms with E-state index in [1.165, 1.54) is 17.8 Å². The van der Waals surface area contributed by atoms with Gasteiger partial charge in [-0.3, -0.25) is 9.59 Å². The van der Waals surface area contributed by atoms with E-state index in [0.29, 0.717) is 12.6 Å². The maximum atomic E-state index is 13.8. The van der Waals surface area contributed by atoms with Crippen LogP contribution in [0.15, 0.2) is 71.8 Å². The molecule has 0 saturated carbocycles. The fourth-order valence-electron chi connectivity index (χ4n) is 3.53. The Morgan fingerprint density at radius 1 is 0.886 bits per heavy atom. The molecule has 3 aromatic carbocycles. The summed E-state index contributed by atoms with van der Waals surface area (Å²) in [4.78, 5) is 25.3. The first-order valence-corrected chi connectivity index (χ1v) is 11.5. The number of nitrogens with one attached hydrogen (secondary N) is 2. The number of thioether (sulfide) groups is 1. The molecule has 0 unspecified atom stereocenters. The lowest BCUT2D eigenvalue weighted by Gasteiger charge is -2.09. The Bertz CT molecular complexity index is 1390. The van der Waals surface area contributed by atoms with E-state index in [2.05, 4.69) is 10.6 Å². The van der Waals surface area contributed by atoms with Crippen molar-refractivity contribution in [1.29, 1.82) is 0 Å². The van der Waals surface area contributed by atoms with Crippen molar-refractivity contribution in [2.75, 3.05) is 17.6 Å². The van der Waals surface area contributed by atoms with Gasteiger partial charge in [-0.05, 0) is 30.3 Å². The molecule has 2 amide bonds. The highest BCUT2D eigenvalue weighted by Crippen LogP contribution is 2.30. The lowest BCUT2D eigenvalue weighted by atomic mass is 10.2. The number of hydrogen-bond acceptors (Lipinski definition) is 3. The summed E-state index contributed by atoms with van der Waals surface area (Å²) in [5.41, 5.74) is 0.0949. The van der Waals surface area contributed by atoms with Gasteiger partial charge < -0.3 is 15.2 Å². The second kappa shape index (κ2) is 10.6. The second-order valence-electron chi connectivity index (χ2n) is 7.52. The lowest BCUT2D eigenvalue weighted by molar-refractivity contribution is -0.113. The van der Waals surface area contributed by atoms with Crippen LogP contribution in [-0.4, -0.2) is 28.7 Å². The summed E-state index contributed by atoms with van der Waals surface area (Å²) in [6.45, 7) is 0.426. The Hall–Kier alpha value is -3.79. The van der Waals surface area contributed by atoms with E-state index < -0.39 is 40.6 Å². The predicted molar refractivity (Wildman–Crippen MR) is 126 cm³/mol. The summed E-state index contributed by atoms with van der Waals surface area (Å²) >= 11 is 1.23. The Morgan fingerprint density at radius 2 is 1.63 bits per heavy atom. The Labute approximate surface area is 202 Å². The van der Waals surface area contributed by atoms with E-state index in [4.69, 9.17) is 0 Å². The molecule has 5 nitrogen and oxygen atoms in total. The summed E-state index contributed by atoms with van der Waals surface area (Å²) < 4.78 is 56.3. The van der Waals surface area contributed by atoms with Crippen LogP contribution in [0.2, 0.25) is 0 Å². The van der Waals surface area contributed by atoms with Gasteiger partial charge in [0.1, 0.15) is 28.8 Å². The van der Waals surface area contributed by atoms with Crippen molar-refractivity contribution in [3.8, 4) is 0 Å². The maximum Gasteiger partial charge on any atom is 0.257 e. The Morgan fingerprint density at radius 3 is 2.37 bits per heavy atom. The average molecular weight is 502 g/mol. The number of amides is 2. The Balaban J connectivity index is 1.41. The highest BCUT2D eigenvalue weighted by Gasteiger charge is 2.17. The van der Waals surface area contributed by atoms with Crippen LogP contribution in [0.1, 0.15) is 10.4 Å². The fourth-order valence-corrected chi connectivity index (χ4v) is 4.42. The minimum atomic E-state index is -0.939. The van der Waals surface area contributed by atoms with Crippen molar-refractivity contribution in [3.63, 3.8) is 0 Å². The molecule has 1 heterocycles. The van der Waals surface area contributed by atoms with Gasteiger partial charge in [0.2, 0.25) is 5.91 Å².